The first-order valence-corrected chi connectivity index (χ1v) is 7.50. The highest BCUT2D eigenvalue weighted by molar-refractivity contribution is 9.10. The average molecular weight is 363 g/mol. The van der Waals surface area contributed by atoms with Crippen molar-refractivity contribution in [1.82, 2.24) is 5.43 Å². The quantitative estimate of drug-likeness (QED) is 0.605. The molecule has 1 heterocycles. The molecule has 1 unspecified atom stereocenters. The van der Waals surface area contributed by atoms with Crippen molar-refractivity contribution in [3.8, 4) is 5.75 Å². The first-order valence-electron chi connectivity index (χ1n) is 5.83. The minimum Gasteiger partial charge on any atom is -0.434 e. The van der Waals surface area contributed by atoms with E-state index in [1.807, 2.05) is 11.4 Å². The van der Waals surface area contributed by atoms with Gasteiger partial charge in [-0.3, -0.25) is 11.3 Å². The number of nitrogens with two attached hydrogens (primary N) is 1. The minimum absolute atomic E-state index is 0.137. The zero-order valence-corrected chi connectivity index (χ0v) is 12.8. The molecule has 0 fully saturated rings. The molecule has 0 aliphatic rings. The Morgan fingerprint density at radius 2 is 2.05 bits per heavy atom. The highest BCUT2D eigenvalue weighted by atomic mass is 79.9. The van der Waals surface area contributed by atoms with E-state index in [4.69, 9.17) is 5.84 Å². The van der Waals surface area contributed by atoms with Gasteiger partial charge in [0.2, 0.25) is 0 Å². The molecule has 0 amide bonds. The maximum absolute atomic E-state index is 12.4. The molecule has 0 saturated carbocycles. The summed E-state index contributed by atoms with van der Waals surface area (Å²) in [5.74, 6) is 5.70. The Morgan fingerprint density at radius 3 is 2.65 bits per heavy atom. The first kappa shape index (κ1) is 15.4. The van der Waals surface area contributed by atoms with Crippen LogP contribution in [0.2, 0.25) is 0 Å². The van der Waals surface area contributed by atoms with E-state index < -0.39 is 6.61 Å². The van der Waals surface area contributed by atoms with Crippen LogP contribution in [-0.4, -0.2) is 6.61 Å². The van der Waals surface area contributed by atoms with Crippen LogP contribution in [0.5, 0.6) is 5.75 Å². The number of hydrogen-bond acceptors (Lipinski definition) is 4. The Labute approximate surface area is 127 Å². The summed E-state index contributed by atoms with van der Waals surface area (Å²) in [6, 6.07) is 8.28. The Hall–Kier alpha value is -1.02. The van der Waals surface area contributed by atoms with Gasteiger partial charge in [0.1, 0.15) is 5.75 Å². The molecule has 20 heavy (non-hydrogen) atoms. The normalized spacial score (nSPS) is 12.7. The SMILES string of the molecule is NNC(Cc1sccc1Br)c1ccccc1OC(F)F. The van der Waals surface area contributed by atoms with Crippen molar-refractivity contribution in [1.29, 1.82) is 0 Å². The lowest BCUT2D eigenvalue weighted by Crippen LogP contribution is -2.30. The number of hydrogen-bond donors (Lipinski definition) is 2. The fourth-order valence-electron chi connectivity index (χ4n) is 1.89. The zero-order valence-electron chi connectivity index (χ0n) is 10.4. The standard InChI is InChI=1S/C13H13BrF2N2OS/c14-9-5-6-20-12(9)7-10(18-17)8-3-1-2-4-11(8)19-13(15)16/h1-6,10,13,18H,7,17H2. The third-order valence-corrected chi connectivity index (χ3v) is 4.74. The fourth-order valence-corrected chi connectivity index (χ4v) is 3.45. The summed E-state index contributed by atoms with van der Waals surface area (Å²) in [6.07, 6.45) is 0.582. The molecule has 1 aromatic heterocycles. The summed E-state index contributed by atoms with van der Waals surface area (Å²) >= 11 is 5.02. The zero-order chi connectivity index (χ0) is 14.5. The molecule has 3 N–H and O–H groups in total. The summed E-state index contributed by atoms with van der Waals surface area (Å²) in [6.45, 7) is -2.86. The van der Waals surface area contributed by atoms with Gasteiger partial charge in [0, 0.05) is 21.3 Å². The molecule has 7 heteroatoms. The van der Waals surface area contributed by atoms with Gasteiger partial charge in [-0.25, -0.2) is 0 Å². The van der Waals surface area contributed by atoms with Gasteiger partial charge in [-0.15, -0.1) is 11.3 Å². The first-order chi connectivity index (χ1) is 9.61. The van der Waals surface area contributed by atoms with Gasteiger partial charge in [0.15, 0.2) is 0 Å². The molecule has 0 aliphatic carbocycles. The lowest BCUT2D eigenvalue weighted by atomic mass is 10.0. The Kier molecular flexibility index (Phi) is 5.47. The number of thiophene rings is 1. The number of rotatable bonds is 6. The molecule has 108 valence electrons. The van der Waals surface area contributed by atoms with E-state index in [0.717, 1.165) is 9.35 Å². The summed E-state index contributed by atoms with van der Waals surface area (Å²) < 4.78 is 30.4. The van der Waals surface area contributed by atoms with Crippen molar-refractivity contribution in [2.24, 2.45) is 5.84 Å². The van der Waals surface area contributed by atoms with Crippen LogP contribution in [0, 0.1) is 0 Å². The molecule has 2 rings (SSSR count). The number of halogens is 3. The van der Waals surface area contributed by atoms with Crippen molar-refractivity contribution in [2.75, 3.05) is 0 Å². The largest absolute Gasteiger partial charge is 0.434 e. The topological polar surface area (TPSA) is 47.3 Å². The summed E-state index contributed by atoms with van der Waals surface area (Å²) in [7, 11) is 0. The van der Waals surface area contributed by atoms with Gasteiger partial charge in [-0.05, 0) is 33.4 Å². The number of ether oxygens (including phenoxy) is 1. The molecule has 1 aromatic carbocycles. The van der Waals surface area contributed by atoms with E-state index in [1.165, 1.54) is 6.07 Å². The van der Waals surface area contributed by atoms with Crippen LogP contribution in [0.25, 0.3) is 0 Å². The lowest BCUT2D eigenvalue weighted by molar-refractivity contribution is -0.0507. The van der Waals surface area contributed by atoms with Gasteiger partial charge in [-0.2, -0.15) is 8.78 Å². The number of alkyl halides is 2. The molecule has 0 saturated heterocycles. The highest BCUT2D eigenvalue weighted by Gasteiger charge is 2.19. The molecule has 3 nitrogen and oxygen atoms in total. The summed E-state index contributed by atoms with van der Waals surface area (Å²) in [5, 5.41) is 1.95. The minimum atomic E-state index is -2.86. The molecule has 0 radical (unpaired) electrons. The van der Waals surface area contributed by atoms with Crippen molar-refractivity contribution in [2.45, 2.75) is 19.1 Å². The highest BCUT2D eigenvalue weighted by Crippen LogP contribution is 2.32. The maximum atomic E-state index is 12.4. The van der Waals surface area contributed by atoms with Gasteiger partial charge in [-0.1, -0.05) is 18.2 Å². The number of hydrazine groups is 1. The Morgan fingerprint density at radius 1 is 1.30 bits per heavy atom. The smallest absolute Gasteiger partial charge is 0.387 e. The number of nitrogens with one attached hydrogen (secondary N) is 1. The molecule has 0 bridgehead atoms. The Bertz CT molecular complexity index is 565. The van der Waals surface area contributed by atoms with Gasteiger partial charge < -0.3 is 4.74 Å². The third-order valence-electron chi connectivity index (χ3n) is 2.79. The van der Waals surface area contributed by atoms with Crippen LogP contribution in [0.1, 0.15) is 16.5 Å². The molecular formula is C13H13BrF2N2OS. The molecular weight excluding hydrogens is 350 g/mol. The van der Waals surface area contributed by atoms with Gasteiger partial charge >= 0.3 is 6.61 Å². The van der Waals surface area contributed by atoms with E-state index in [0.29, 0.717) is 12.0 Å². The van der Waals surface area contributed by atoms with Crippen molar-refractivity contribution in [3.05, 3.63) is 50.6 Å². The van der Waals surface area contributed by atoms with E-state index in [1.54, 1.807) is 29.5 Å². The molecule has 0 spiro atoms. The second-order valence-electron chi connectivity index (χ2n) is 4.03. The van der Waals surface area contributed by atoms with Crippen LogP contribution >= 0.6 is 27.3 Å². The van der Waals surface area contributed by atoms with E-state index in [2.05, 4.69) is 26.1 Å². The fraction of sp³-hybridized carbons (Fsp3) is 0.231. The summed E-state index contributed by atoms with van der Waals surface area (Å²) in [4.78, 5) is 1.08. The lowest BCUT2D eigenvalue weighted by Gasteiger charge is -2.19. The van der Waals surface area contributed by atoms with Crippen LogP contribution in [0.4, 0.5) is 8.78 Å². The second-order valence-corrected chi connectivity index (χ2v) is 5.89. The van der Waals surface area contributed by atoms with E-state index >= 15 is 0 Å². The molecule has 2 aromatic rings. The van der Waals surface area contributed by atoms with E-state index in [9.17, 15) is 8.78 Å². The van der Waals surface area contributed by atoms with Crippen molar-refractivity contribution < 1.29 is 13.5 Å². The third kappa shape index (κ3) is 3.76. The van der Waals surface area contributed by atoms with Gasteiger partial charge in [0.25, 0.3) is 0 Å². The van der Waals surface area contributed by atoms with Crippen LogP contribution < -0.4 is 16.0 Å². The second kappa shape index (κ2) is 7.12. The summed E-state index contributed by atoms with van der Waals surface area (Å²) in [5.41, 5.74) is 3.27. The Balaban J connectivity index is 2.25. The number of benzene rings is 1. The monoisotopic (exact) mass is 362 g/mol. The van der Waals surface area contributed by atoms with Crippen LogP contribution in [0.3, 0.4) is 0 Å². The van der Waals surface area contributed by atoms with Gasteiger partial charge in [0.05, 0.1) is 6.04 Å². The average Bonchev–Trinajstić information content (AvgIpc) is 2.82. The maximum Gasteiger partial charge on any atom is 0.387 e. The van der Waals surface area contributed by atoms with Crippen molar-refractivity contribution in [3.63, 3.8) is 0 Å². The van der Waals surface area contributed by atoms with Crippen LogP contribution in [-0.2, 0) is 6.42 Å². The molecule has 1 atom stereocenters. The van der Waals surface area contributed by atoms with E-state index in [-0.39, 0.29) is 11.8 Å². The predicted molar refractivity (Wildman–Crippen MR) is 78.9 cm³/mol. The van der Waals surface area contributed by atoms with Crippen molar-refractivity contribution >= 4 is 27.3 Å². The van der Waals surface area contributed by atoms with Crippen LogP contribution in [0.15, 0.2) is 40.2 Å². The molecule has 0 aliphatic heterocycles. The number of para-hydroxylation sites is 1. The predicted octanol–water partition coefficient (Wildman–Crippen LogP) is 3.86.